The lowest BCUT2D eigenvalue weighted by molar-refractivity contribution is 0.416. The van der Waals surface area contributed by atoms with Gasteiger partial charge in [0.05, 0.1) is 29.5 Å². The number of imidazole rings is 1. The second-order valence-corrected chi connectivity index (χ2v) is 5.72. The lowest BCUT2D eigenvalue weighted by atomic mass is 10.2. The number of nitrogens with one attached hydrogen (secondary N) is 2. The van der Waals surface area contributed by atoms with E-state index in [1.54, 1.807) is 6.07 Å². The Kier molecular flexibility index (Phi) is 4.35. The van der Waals surface area contributed by atoms with Crippen LogP contribution in [0.5, 0.6) is 5.75 Å². The number of hydrogen-bond donors (Lipinski definition) is 2. The molecule has 0 saturated heterocycles. The topological polar surface area (TPSA) is 51.1 Å². The summed E-state index contributed by atoms with van der Waals surface area (Å²) in [5.41, 5.74) is 3.11. The van der Waals surface area contributed by atoms with Crippen LogP contribution in [0.15, 0.2) is 36.4 Å². The summed E-state index contributed by atoms with van der Waals surface area (Å²) in [4.78, 5) is 4.49. The Morgan fingerprint density at radius 3 is 2.71 bits per heavy atom. The van der Waals surface area contributed by atoms with Crippen LogP contribution in [0.2, 0.25) is 0 Å². The molecule has 7 heteroatoms. The van der Waals surface area contributed by atoms with E-state index < -0.39 is 0 Å². The van der Waals surface area contributed by atoms with Crippen LogP contribution in [0.1, 0.15) is 5.82 Å². The highest BCUT2D eigenvalue weighted by atomic mass is 32.1. The molecule has 0 aliphatic carbocycles. The van der Waals surface area contributed by atoms with Crippen molar-refractivity contribution in [1.82, 2.24) is 9.55 Å². The fraction of sp³-hybridized carbons (Fsp3) is 0.176. The minimum atomic E-state index is -0.370. The molecular weight excluding hydrogens is 327 g/mol. The predicted octanol–water partition coefficient (Wildman–Crippen LogP) is 3.84. The Balaban J connectivity index is 1.87. The molecule has 124 valence electrons. The zero-order valence-corrected chi connectivity index (χ0v) is 14.4. The summed E-state index contributed by atoms with van der Waals surface area (Å²) in [7, 11) is 3.47. The van der Waals surface area contributed by atoms with E-state index in [4.69, 9.17) is 17.0 Å². The third-order valence-electron chi connectivity index (χ3n) is 3.78. The highest BCUT2D eigenvalue weighted by Gasteiger charge is 2.11. The molecule has 0 spiro atoms. The zero-order chi connectivity index (χ0) is 17.3. The van der Waals surface area contributed by atoms with Gasteiger partial charge in [-0.3, -0.25) is 0 Å². The molecule has 1 aromatic heterocycles. The molecule has 0 atom stereocenters. The monoisotopic (exact) mass is 344 g/mol. The Morgan fingerprint density at radius 1 is 1.21 bits per heavy atom. The lowest BCUT2D eigenvalue weighted by Gasteiger charge is -2.14. The van der Waals surface area contributed by atoms with Gasteiger partial charge in [-0.05, 0) is 43.4 Å². The maximum absolute atomic E-state index is 13.5. The van der Waals surface area contributed by atoms with E-state index in [2.05, 4.69) is 15.6 Å². The van der Waals surface area contributed by atoms with Gasteiger partial charge in [-0.25, -0.2) is 9.37 Å². The number of nitrogens with zero attached hydrogens (tertiary/aromatic N) is 2. The summed E-state index contributed by atoms with van der Waals surface area (Å²) >= 11 is 5.35. The number of hydrogen-bond acceptors (Lipinski definition) is 3. The quantitative estimate of drug-likeness (QED) is 0.707. The number of anilines is 2. The minimum Gasteiger partial charge on any atom is -0.495 e. The molecule has 0 saturated carbocycles. The fourth-order valence-electron chi connectivity index (χ4n) is 2.54. The first-order valence-electron chi connectivity index (χ1n) is 7.33. The van der Waals surface area contributed by atoms with Crippen molar-refractivity contribution in [1.29, 1.82) is 0 Å². The molecule has 5 nitrogen and oxygen atoms in total. The summed E-state index contributed by atoms with van der Waals surface area (Å²) < 4.78 is 20.7. The molecule has 2 N–H and O–H groups in total. The number of ether oxygens (including phenoxy) is 1. The molecule has 3 aromatic rings. The highest BCUT2D eigenvalue weighted by Crippen LogP contribution is 2.27. The SMILES string of the molecule is COc1ccc(F)cc1NC(=S)Nc1cccc2nc(C)n(C)c12. The molecule has 0 radical (unpaired) electrons. The van der Waals surface area contributed by atoms with Crippen LogP contribution in [0.3, 0.4) is 0 Å². The molecule has 0 aliphatic heterocycles. The lowest BCUT2D eigenvalue weighted by Crippen LogP contribution is -2.20. The summed E-state index contributed by atoms with van der Waals surface area (Å²) in [6.07, 6.45) is 0. The van der Waals surface area contributed by atoms with Crippen LogP contribution in [0, 0.1) is 12.7 Å². The van der Waals surface area contributed by atoms with Crippen molar-refractivity contribution >= 4 is 39.7 Å². The first kappa shape index (κ1) is 16.2. The summed E-state index contributed by atoms with van der Waals surface area (Å²) in [6.45, 7) is 1.94. The average molecular weight is 344 g/mol. The van der Waals surface area contributed by atoms with Crippen LogP contribution < -0.4 is 15.4 Å². The van der Waals surface area contributed by atoms with E-state index in [1.165, 1.54) is 19.2 Å². The Bertz CT molecular complexity index is 922. The number of thiocarbonyl (C=S) groups is 1. The number of para-hydroxylation sites is 1. The Labute approximate surface area is 144 Å². The van der Waals surface area contributed by atoms with Crippen LogP contribution in [0.25, 0.3) is 11.0 Å². The van der Waals surface area contributed by atoms with Gasteiger partial charge in [0.25, 0.3) is 0 Å². The van der Waals surface area contributed by atoms with E-state index in [9.17, 15) is 4.39 Å². The van der Waals surface area contributed by atoms with E-state index in [1.807, 2.05) is 36.7 Å². The van der Waals surface area contributed by atoms with Crippen molar-refractivity contribution in [3.8, 4) is 5.75 Å². The molecule has 0 unspecified atom stereocenters. The van der Waals surface area contributed by atoms with Crippen molar-refractivity contribution in [2.45, 2.75) is 6.92 Å². The zero-order valence-electron chi connectivity index (χ0n) is 13.6. The molecule has 24 heavy (non-hydrogen) atoms. The van der Waals surface area contributed by atoms with Crippen LogP contribution in [-0.4, -0.2) is 21.8 Å². The van der Waals surface area contributed by atoms with Crippen molar-refractivity contribution in [2.75, 3.05) is 17.7 Å². The van der Waals surface area contributed by atoms with Gasteiger partial charge in [0, 0.05) is 13.1 Å². The summed E-state index contributed by atoms with van der Waals surface area (Å²) in [5, 5.41) is 6.45. The maximum Gasteiger partial charge on any atom is 0.175 e. The molecule has 0 aliphatic rings. The minimum absolute atomic E-state index is 0.338. The van der Waals surface area contributed by atoms with Crippen molar-refractivity contribution in [3.63, 3.8) is 0 Å². The number of aryl methyl sites for hydroxylation is 2. The third kappa shape index (κ3) is 3.03. The normalized spacial score (nSPS) is 10.7. The first-order chi connectivity index (χ1) is 11.5. The highest BCUT2D eigenvalue weighted by molar-refractivity contribution is 7.80. The second-order valence-electron chi connectivity index (χ2n) is 5.32. The van der Waals surface area contributed by atoms with E-state index >= 15 is 0 Å². The van der Waals surface area contributed by atoms with Gasteiger partial charge in [-0.1, -0.05) is 6.07 Å². The Morgan fingerprint density at radius 2 is 1.96 bits per heavy atom. The van der Waals surface area contributed by atoms with Crippen molar-refractivity contribution in [2.24, 2.45) is 7.05 Å². The second kappa shape index (κ2) is 6.45. The van der Waals surface area contributed by atoms with Crippen LogP contribution >= 0.6 is 12.2 Å². The number of rotatable bonds is 3. The Hall–Kier alpha value is -2.67. The molecule has 1 heterocycles. The standard InChI is InChI=1S/C17H17FN4OS/c1-10-19-12-5-4-6-13(16(12)22(10)2)20-17(24)21-14-9-11(18)7-8-15(14)23-3/h4-9H,1-3H3,(H2,20,21,24). The summed E-state index contributed by atoms with van der Waals surface area (Å²) in [5.74, 6) is 1.05. The van der Waals surface area contributed by atoms with E-state index in [-0.39, 0.29) is 5.82 Å². The molecule has 0 amide bonds. The fourth-order valence-corrected chi connectivity index (χ4v) is 2.76. The average Bonchev–Trinajstić information content (AvgIpc) is 2.83. The number of fused-ring (bicyclic) bond motifs is 1. The summed E-state index contributed by atoms with van der Waals surface area (Å²) in [6, 6.07) is 9.98. The number of aromatic nitrogens is 2. The van der Waals surface area contributed by atoms with E-state index in [0.29, 0.717) is 16.5 Å². The largest absolute Gasteiger partial charge is 0.495 e. The van der Waals surface area contributed by atoms with Gasteiger partial charge in [0.15, 0.2) is 5.11 Å². The number of benzene rings is 2. The predicted molar refractivity (Wildman–Crippen MR) is 98.2 cm³/mol. The van der Waals surface area contributed by atoms with Gasteiger partial charge < -0.3 is 19.9 Å². The number of methoxy groups -OCH3 is 1. The van der Waals surface area contributed by atoms with Gasteiger partial charge in [0.1, 0.15) is 17.4 Å². The van der Waals surface area contributed by atoms with Gasteiger partial charge in [-0.2, -0.15) is 0 Å². The maximum atomic E-state index is 13.5. The van der Waals surface area contributed by atoms with Gasteiger partial charge >= 0.3 is 0 Å². The smallest absolute Gasteiger partial charge is 0.175 e. The molecule has 2 aromatic carbocycles. The number of halogens is 1. The van der Waals surface area contributed by atoms with Gasteiger partial charge in [0.2, 0.25) is 0 Å². The molecule has 3 rings (SSSR count). The third-order valence-corrected chi connectivity index (χ3v) is 3.98. The van der Waals surface area contributed by atoms with Crippen molar-refractivity contribution < 1.29 is 9.13 Å². The van der Waals surface area contributed by atoms with Crippen LogP contribution in [0.4, 0.5) is 15.8 Å². The van der Waals surface area contributed by atoms with Crippen molar-refractivity contribution in [3.05, 3.63) is 48.0 Å². The molecular formula is C17H17FN4OS. The van der Waals surface area contributed by atoms with Crippen LogP contribution in [-0.2, 0) is 7.05 Å². The molecule has 0 bridgehead atoms. The van der Waals surface area contributed by atoms with Gasteiger partial charge in [-0.15, -0.1) is 0 Å². The first-order valence-corrected chi connectivity index (χ1v) is 7.74. The van der Waals surface area contributed by atoms with E-state index in [0.717, 1.165) is 22.5 Å². The molecule has 0 fully saturated rings.